The van der Waals surface area contributed by atoms with Crippen molar-refractivity contribution >= 4 is 29.0 Å². The van der Waals surface area contributed by atoms with E-state index in [-0.39, 0.29) is 6.03 Å². The fourth-order valence-corrected chi connectivity index (χ4v) is 3.37. The molecular formula is C16H26N6OS. The predicted molar refractivity (Wildman–Crippen MR) is 97.2 cm³/mol. The van der Waals surface area contributed by atoms with Crippen molar-refractivity contribution in [2.75, 3.05) is 25.4 Å². The maximum Gasteiger partial charge on any atom is 0.317 e. The molecule has 0 aliphatic rings. The number of hydrogen-bond donors (Lipinski definition) is 2. The second-order valence-corrected chi connectivity index (χ2v) is 6.64. The van der Waals surface area contributed by atoms with Crippen LogP contribution in [0.4, 0.5) is 4.79 Å². The van der Waals surface area contributed by atoms with Crippen LogP contribution in [0, 0.1) is 0 Å². The molecule has 0 radical (unpaired) electrons. The minimum Gasteiger partial charge on any atom is -0.341 e. The van der Waals surface area contributed by atoms with Crippen molar-refractivity contribution in [1.82, 2.24) is 30.2 Å². The Morgan fingerprint density at radius 1 is 1.21 bits per heavy atom. The summed E-state index contributed by atoms with van der Waals surface area (Å²) in [6, 6.07) is 0.0568. The second kappa shape index (κ2) is 10.1. The number of nitrogens with one attached hydrogen (secondary N) is 2. The number of urea groups is 1. The Labute approximate surface area is 147 Å². The van der Waals surface area contributed by atoms with Gasteiger partial charge in [-0.3, -0.25) is 0 Å². The number of nitrogens with zero attached hydrogens (tertiary/aromatic N) is 4. The highest BCUT2D eigenvalue weighted by Gasteiger charge is 2.10. The molecule has 0 atom stereocenters. The van der Waals surface area contributed by atoms with Gasteiger partial charge < -0.3 is 15.2 Å². The zero-order chi connectivity index (χ0) is 17.2. The molecule has 2 heterocycles. The number of aromatic nitrogens is 4. The van der Waals surface area contributed by atoms with Crippen LogP contribution in [-0.4, -0.2) is 56.3 Å². The van der Waals surface area contributed by atoms with Gasteiger partial charge in [-0.1, -0.05) is 13.8 Å². The Morgan fingerprint density at radius 3 is 2.75 bits per heavy atom. The zero-order valence-electron chi connectivity index (χ0n) is 14.4. The summed E-state index contributed by atoms with van der Waals surface area (Å²) in [5.74, 6) is 0.953. The lowest BCUT2D eigenvalue weighted by Crippen LogP contribution is -2.41. The van der Waals surface area contributed by atoms with Crippen molar-refractivity contribution in [3.8, 4) is 0 Å². The van der Waals surface area contributed by atoms with Gasteiger partial charge in [0.2, 0.25) is 0 Å². The molecule has 7 nitrogen and oxygen atoms in total. The van der Waals surface area contributed by atoms with Crippen molar-refractivity contribution in [1.29, 1.82) is 0 Å². The normalized spacial score (nSPS) is 10.9. The second-order valence-electron chi connectivity index (χ2n) is 5.55. The van der Waals surface area contributed by atoms with Crippen LogP contribution in [0.25, 0.3) is 11.2 Å². The first-order valence-electron chi connectivity index (χ1n) is 8.55. The molecule has 2 amide bonds. The lowest BCUT2D eigenvalue weighted by atomic mass is 10.3. The Balaban J connectivity index is 1.64. The van der Waals surface area contributed by atoms with E-state index in [1.807, 2.05) is 4.90 Å². The number of rotatable bonds is 10. The summed E-state index contributed by atoms with van der Waals surface area (Å²) in [6.07, 6.45) is 7.14. The van der Waals surface area contributed by atoms with E-state index < -0.39 is 0 Å². The van der Waals surface area contributed by atoms with E-state index in [0.29, 0.717) is 12.2 Å². The number of carbonyl (C=O) groups excluding carboxylic acids is 1. The number of unbranched alkanes of at least 4 members (excludes halogenated alkanes) is 1. The molecule has 24 heavy (non-hydrogen) atoms. The highest BCUT2D eigenvalue weighted by molar-refractivity contribution is 7.99. The molecule has 0 spiro atoms. The fourth-order valence-electron chi connectivity index (χ4n) is 2.41. The van der Waals surface area contributed by atoms with Crippen LogP contribution < -0.4 is 5.32 Å². The van der Waals surface area contributed by atoms with E-state index in [9.17, 15) is 4.79 Å². The average Bonchev–Trinajstić information content (AvgIpc) is 3.07. The van der Waals surface area contributed by atoms with Crippen LogP contribution in [0.15, 0.2) is 17.7 Å². The van der Waals surface area contributed by atoms with E-state index in [2.05, 4.69) is 39.1 Å². The summed E-state index contributed by atoms with van der Waals surface area (Å²) in [4.78, 5) is 29.6. The topological polar surface area (TPSA) is 86.8 Å². The number of hydrogen-bond acceptors (Lipinski definition) is 5. The van der Waals surface area contributed by atoms with Crippen LogP contribution >= 0.6 is 11.8 Å². The molecule has 0 saturated carbocycles. The minimum atomic E-state index is 0.0568. The third kappa shape index (κ3) is 5.36. The van der Waals surface area contributed by atoms with E-state index in [0.717, 1.165) is 55.1 Å². The van der Waals surface area contributed by atoms with E-state index in [4.69, 9.17) is 0 Å². The summed E-state index contributed by atoms with van der Waals surface area (Å²) in [5, 5.41) is 3.94. The van der Waals surface area contributed by atoms with Gasteiger partial charge in [0.05, 0.1) is 6.33 Å². The first-order valence-corrected chi connectivity index (χ1v) is 9.54. The molecule has 0 aliphatic carbocycles. The number of thioether (sulfide) groups is 1. The quantitative estimate of drug-likeness (QED) is 0.391. The molecule has 2 aromatic heterocycles. The first-order chi connectivity index (χ1) is 11.8. The molecule has 2 aromatic rings. The third-order valence-electron chi connectivity index (χ3n) is 3.55. The molecule has 2 rings (SSSR count). The Bertz CT molecular complexity index is 626. The van der Waals surface area contributed by atoms with Gasteiger partial charge in [0.1, 0.15) is 16.9 Å². The number of aromatic amines is 1. The standard InChI is InChI=1S/C16H26N6OS/c1-3-8-22(9-4-2)16(23)17-7-5-6-10-24-15-13-14(19-11-18-13)20-12-21-15/h11-12H,3-10H2,1-2H3,(H,17,23)(H,18,19,20,21). The van der Waals surface area contributed by atoms with Gasteiger partial charge in [-0.15, -0.1) is 11.8 Å². The van der Waals surface area contributed by atoms with E-state index >= 15 is 0 Å². The average molecular weight is 350 g/mol. The van der Waals surface area contributed by atoms with Crippen molar-refractivity contribution in [3.05, 3.63) is 12.7 Å². The van der Waals surface area contributed by atoms with Crippen molar-refractivity contribution in [3.63, 3.8) is 0 Å². The highest BCUT2D eigenvalue weighted by atomic mass is 32.2. The summed E-state index contributed by atoms with van der Waals surface area (Å²) in [5.41, 5.74) is 1.59. The monoisotopic (exact) mass is 350 g/mol. The molecule has 8 heteroatoms. The van der Waals surface area contributed by atoms with Gasteiger partial charge in [0, 0.05) is 19.6 Å². The zero-order valence-corrected chi connectivity index (χ0v) is 15.2. The predicted octanol–water partition coefficient (Wildman–Crippen LogP) is 3.06. The van der Waals surface area contributed by atoms with Crippen LogP contribution in [0.2, 0.25) is 0 Å². The Kier molecular flexibility index (Phi) is 7.81. The molecule has 0 aromatic carbocycles. The number of fused-ring (bicyclic) bond motifs is 1. The van der Waals surface area contributed by atoms with Gasteiger partial charge in [-0.25, -0.2) is 19.7 Å². The van der Waals surface area contributed by atoms with E-state index in [1.165, 1.54) is 0 Å². The molecule has 0 unspecified atom stereocenters. The molecule has 0 aliphatic heterocycles. The lowest BCUT2D eigenvalue weighted by molar-refractivity contribution is 0.197. The molecule has 0 bridgehead atoms. The number of amides is 2. The molecule has 2 N–H and O–H groups in total. The number of carbonyl (C=O) groups is 1. The SMILES string of the molecule is CCCN(CCC)C(=O)NCCCCSc1ncnc2nc[nH]c12. The number of H-pyrrole nitrogens is 1. The number of imidazole rings is 1. The molecule has 0 fully saturated rings. The summed E-state index contributed by atoms with van der Waals surface area (Å²) < 4.78 is 0. The van der Waals surface area contributed by atoms with Crippen molar-refractivity contribution in [2.24, 2.45) is 0 Å². The largest absolute Gasteiger partial charge is 0.341 e. The third-order valence-corrected chi connectivity index (χ3v) is 4.62. The smallest absolute Gasteiger partial charge is 0.317 e. The Hall–Kier alpha value is -1.83. The van der Waals surface area contributed by atoms with Crippen molar-refractivity contribution in [2.45, 2.75) is 44.6 Å². The summed E-state index contributed by atoms with van der Waals surface area (Å²) in [6.45, 7) is 6.55. The summed E-state index contributed by atoms with van der Waals surface area (Å²) in [7, 11) is 0. The van der Waals surface area contributed by atoms with Gasteiger partial charge in [0.15, 0.2) is 5.65 Å². The van der Waals surface area contributed by atoms with Crippen LogP contribution in [-0.2, 0) is 0 Å². The van der Waals surface area contributed by atoms with Gasteiger partial charge >= 0.3 is 6.03 Å². The maximum absolute atomic E-state index is 12.1. The van der Waals surface area contributed by atoms with Crippen LogP contribution in [0.1, 0.15) is 39.5 Å². The van der Waals surface area contributed by atoms with Gasteiger partial charge in [-0.05, 0) is 31.4 Å². The van der Waals surface area contributed by atoms with Crippen LogP contribution in [0.3, 0.4) is 0 Å². The van der Waals surface area contributed by atoms with Crippen LogP contribution in [0.5, 0.6) is 0 Å². The molecular weight excluding hydrogens is 324 g/mol. The maximum atomic E-state index is 12.1. The summed E-state index contributed by atoms with van der Waals surface area (Å²) >= 11 is 1.69. The fraction of sp³-hybridized carbons (Fsp3) is 0.625. The molecule has 132 valence electrons. The van der Waals surface area contributed by atoms with Gasteiger partial charge in [-0.2, -0.15) is 0 Å². The lowest BCUT2D eigenvalue weighted by Gasteiger charge is -2.21. The van der Waals surface area contributed by atoms with Gasteiger partial charge in [0.25, 0.3) is 0 Å². The highest BCUT2D eigenvalue weighted by Crippen LogP contribution is 2.22. The van der Waals surface area contributed by atoms with E-state index in [1.54, 1.807) is 24.4 Å². The first kappa shape index (κ1) is 18.5. The minimum absolute atomic E-state index is 0.0568. The molecule has 0 saturated heterocycles. The Morgan fingerprint density at radius 2 is 2.00 bits per heavy atom. The van der Waals surface area contributed by atoms with Crippen molar-refractivity contribution < 1.29 is 4.79 Å².